The number of hydrogen-bond acceptors (Lipinski definition) is 4. The Balaban J connectivity index is 1.83. The zero-order valence-electron chi connectivity index (χ0n) is 14.9. The van der Waals surface area contributed by atoms with E-state index in [0.29, 0.717) is 11.4 Å². The van der Waals surface area contributed by atoms with Crippen LogP contribution in [-0.2, 0) is 6.54 Å². The molecule has 0 aliphatic carbocycles. The van der Waals surface area contributed by atoms with Crippen molar-refractivity contribution < 1.29 is 14.6 Å². The number of nitrogens with zero attached hydrogens (tertiary/aromatic N) is 2. The number of benzene rings is 3. The van der Waals surface area contributed by atoms with E-state index in [1.54, 1.807) is 12.1 Å². The van der Waals surface area contributed by atoms with Crippen LogP contribution in [0.15, 0.2) is 84.9 Å². The molecule has 5 nitrogen and oxygen atoms in total. The van der Waals surface area contributed by atoms with E-state index < -0.39 is 4.92 Å². The quantitative estimate of drug-likeness (QED) is 0.296. The van der Waals surface area contributed by atoms with Crippen molar-refractivity contribution in [2.75, 3.05) is 0 Å². The van der Waals surface area contributed by atoms with E-state index in [1.165, 1.54) is 23.5 Å². The molecule has 0 bridgehead atoms. The van der Waals surface area contributed by atoms with E-state index in [9.17, 15) is 15.2 Å². The minimum Gasteiger partial charge on any atom is -0.459 e. The Hall–Kier alpha value is -3.51. The summed E-state index contributed by atoms with van der Waals surface area (Å²) in [6, 6.07) is 26.1. The lowest BCUT2D eigenvalue weighted by atomic mass is 10.1. The smallest absolute Gasteiger partial charge is 0.385 e. The summed E-state index contributed by atoms with van der Waals surface area (Å²) in [5.74, 6) is 0.154. The van der Waals surface area contributed by atoms with Crippen molar-refractivity contribution in [3.05, 3.63) is 101 Å². The molecule has 0 radical (unpaired) electrons. The van der Waals surface area contributed by atoms with Gasteiger partial charge in [-0.3, -0.25) is 10.1 Å². The Morgan fingerprint density at radius 3 is 2.07 bits per heavy atom. The zero-order chi connectivity index (χ0) is 19.5. The number of nitro groups is 1. The van der Waals surface area contributed by atoms with E-state index in [1.807, 2.05) is 65.2 Å². The first kappa shape index (κ1) is 17.9. The number of aromatic nitrogens is 1. The van der Waals surface area contributed by atoms with Gasteiger partial charge in [-0.2, -0.15) is 0 Å². The maximum Gasteiger partial charge on any atom is 0.385 e. The van der Waals surface area contributed by atoms with E-state index >= 15 is 0 Å². The molecule has 0 aliphatic heterocycles. The van der Waals surface area contributed by atoms with Gasteiger partial charge in [0.05, 0.1) is 10.5 Å². The van der Waals surface area contributed by atoms with E-state index in [2.05, 4.69) is 0 Å². The van der Waals surface area contributed by atoms with Crippen molar-refractivity contribution in [2.24, 2.45) is 0 Å². The molecule has 0 saturated carbocycles. The van der Waals surface area contributed by atoms with Crippen molar-refractivity contribution in [3.8, 4) is 26.9 Å². The number of aromatic hydroxyl groups is 1. The van der Waals surface area contributed by atoms with Gasteiger partial charge < -0.3 is 5.11 Å². The highest BCUT2D eigenvalue weighted by molar-refractivity contribution is 7.18. The topological polar surface area (TPSA) is 67.2 Å². The Labute approximate surface area is 165 Å². The summed E-state index contributed by atoms with van der Waals surface area (Å²) in [5.41, 5.74) is 2.86. The van der Waals surface area contributed by atoms with Crippen LogP contribution in [0, 0.1) is 10.1 Å². The predicted octanol–water partition coefficient (Wildman–Crippen LogP) is 5.03. The maximum absolute atomic E-state index is 11.0. The molecule has 28 heavy (non-hydrogen) atoms. The van der Waals surface area contributed by atoms with Gasteiger partial charge in [-0.25, -0.2) is 0 Å². The van der Waals surface area contributed by atoms with Crippen molar-refractivity contribution >= 4 is 17.0 Å². The van der Waals surface area contributed by atoms with Crippen molar-refractivity contribution in [2.45, 2.75) is 6.54 Å². The molecule has 1 heterocycles. The summed E-state index contributed by atoms with van der Waals surface area (Å²) in [6.45, 7) is 0.528. The molecule has 6 heteroatoms. The first-order valence-corrected chi connectivity index (χ1v) is 9.55. The van der Waals surface area contributed by atoms with Crippen LogP contribution in [0.25, 0.3) is 21.0 Å². The Bertz CT molecular complexity index is 1110. The van der Waals surface area contributed by atoms with Gasteiger partial charge in [0.1, 0.15) is 0 Å². The number of thiazole rings is 1. The minimum atomic E-state index is -0.428. The minimum absolute atomic E-state index is 0.0280. The van der Waals surface area contributed by atoms with Crippen LogP contribution in [0.2, 0.25) is 0 Å². The predicted molar refractivity (Wildman–Crippen MR) is 109 cm³/mol. The lowest BCUT2D eigenvalue weighted by molar-refractivity contribution is -0.678. The third-order valence-corrected chi connectivity index (χ3v) is 5.72. The molecule has 3 aromatic carbocycles. The molecule has 1 N–H and O–H groups in total. The van der Waals surface area contributed by atoms with Crippen molar-refractivity contribution in [3.63, 3.8) is 0 Å². The Morgan fingerprint density at radius 1 is 0.857 bits per heavy atom. The average molecular weight is 389 g/mol. The molecule has 4 aromatic rings. The molecule has 0 fully saturated rings. The first-order chi connectivity index (χ1) is 13.6. The van der Waals surface area contributed by atoms with Crippen molar-refractivity contribution in [1.29, 1.82) is 0 Å². The molecule has 0 spiro atoms. The molecule has 138 valence electrons. The summed E-state index contributed by atoms with van der Waals surface area (Å²) < 4.78 is 1.88. The monoisotopic (exact) mass is 389 g/mol. The normalized spacial score (nSPS) is 10.7. The average Bonchev–Trinajstić information content (AvgIpc) is 3.06. The summed E-state index contributed by atoms with van der Waals surface area (Å²) in [4.78, 5) is 11.2. The molecular formula is C22H17N2O3S+. The molecule has 1 aromatic heterocycles. The second-order valence-corrected chi connectivity index (χ2v) is 7.30. The van der Waals surface area contributed by atoms with E-state index in [-0.39, 0.29) is 11.6 Å². The second-order valence-electron chi connectivity index (χ2n) is 6.30. The summed E-state index contributed by atoms with van der Waals surface area (Å²) >= 11 is 1.47. The fourth-order valence-corrected chi connectivity index (χ4v) is 4.21. The van der Waals surface area contributed by atoms with Gasteiger partial charge in [0.25, 0.3) is 10.7 Å². The highest BCUT2D eigenvalue weighted by Gasteiger charge is 2.28. The molecular weight excluding hydrogens is 372 g/mol. The zero-order valence-corrected chi connectivity index (χ0v) is 15.7. The van der Waals surface area contributed by atoms with Gasteiger partial charge in [-0.1, -0.05) is 59.9 Å². The molecule has 0 aliphatic rings. The highest BCUT2D eigenvalue weighted by Crippen LogP contribution is 2.38. The van der Waals surface area contributed by atoms with E-state index in [0.717, 1.165) is 21.7 Å². The highest BCUT2D eigenvalue weighted by atomic mass is 32.1. The molecule has 0 unspecified atom stereocenters. The van der Waals surface area contributed by atoms with Gasteiger partial charge >= 0.3 is 5.88 Å². The maximum atomic E-state index is 11.0. The van der Waals surface area contributed by atoms with Crippen LogP contribution in [0.1, 0.15) is 5.56 Å². The number of rotatable bonds is 5. The molecule has 4 rings (SSSR count). The van der Waals surface area contributed by atoms with Gasteiger partial charge in [-0.05, 0) is 24.3 Å². The van der Waals surface area contributed by atoms with Gasteiger partial charge in [-0.15, -0.1) is 4.57 Å². The molecule has 0 atom stereocenters. The molecule has 0 amide bonds. The molecule has 0 saturated heterocycles. The first-order valence-electron chi connectivity index (χ1n) is 8.73. The number of hydrogen-bond donors (Lipinski definition) is 1. The van der Waals surface area contributed by atoms with Crippen LogP contribution in [-0.4, -0.2) is 10.0 Å². The third-order valence-electron chi connectivity index (χ3n) is 4.45. The van der Waals surface area contributed by atoms with Gasteiger partial charge in [0.15, 0.2) is 11.4 Å². The SMILES string of the molecule is O=[N+]([O-])c1ccc(-c2sc(-c3ccccc3)[n+](Cc3ccccc3)c2O)cc1. The summed E-state index contributed by atoms with van der Waals surface area (Å²) in [7, 11) is 0. The van der Waals surface area contributed by atoms with Crippen LogP contribution in [0.5, 0.6) is 5.88 Å². The van der Waals surface area contributed by atoms with Gasteiger partial charge in [0, 0.05) is 23.3 Å². The number of non-ortho nitro benzene ring substituents is 1. The summed E-state index contributed by atoms with van der Waals surface area (Å²) in [6.07, 6.45) is 0. The summed E-state index contributed by atoms with van der Waals surface area (Å²) in [5, 5.41) is 22.8. The lowest BCUT2D eigenvalue weighted by Gasteiger charge is -2.00. The second kappa shape index (κ2) is 7.62. The van der Waals surface area contributed by atoms with Crippen molar-refractivity contribution in [1.82, 2.24) is 0 Å². The fourth-order valence-electron chi connectivity index (χ4n) is 3.05. The standard InChI is InChI=1S/C22H16N2O3S/c25-21-20(17-11-13-19(14-12-17)24(26)27)28-22(18-9-5-2-6-10-18)23(21)15-16-7-3-1-4-8-16/h1-14H,15H2/p+1. The number of nitro benzene ring substituents is 1. The van der Waals surface area contributed by atoms with E-state index in [4.69, 9.17) is 0 Å². The fraction of sp³-hybridized carbons (Fsp3) is 0.0455. The van der Waals surface area contributed by atoms with Crippen LogP contribution in [0.4, 0.5) is 5.69 Å². The van der Waals surface area contributed by atoms with Crippen LogP contribution in [0.3, 0.4) is 0 Å². The van der Waals surface area contributed by atoms with Crippen LogP contribution < -0.4 is 4.57 Å². The third kappa shape index (κ3) is 3.50. The largest absolute Gasteiger partial charge is 0.459 e. The van der Waals surface area contributed by atoms with Crippen LogP contribution >= 0.6 is 11.3 Å². The Kier molecular flexibility index (Phi) is 4.87. The Morgan fingerprint density at radius 2 is 1.46 bits per heavy atom. The van der Waals surface area contributed by atoms with Gasteiger partial charge in [0.2, 0.25) is 0 Å². The lowest BCUT2D eigenvalue weighted by Crippen LogP contribution is -2.34.